The van der Waals surface area contributed by atoms with E-state index in [0.717, 1.165) is 19.3 Å². The van der Waals surface area contributed by atoms with E-state index < -0.39 is 16.4 Å². The highest BCUT2D eigenvalue weighted by molar-refractivity contribution is 7.80. The number of hydrogen-bond donors (Lipinski definition) is 2. The number of unbranched alkanes of at least 4 members (excludes halogenated alkanes) is 8. The van der Waals surface area contributed by atoms with Gasteiger partial charge >= 0.3 is 16.4 Å². The molecule has 0 aliphatic carbocycles. The molecule has 0 rings (SSSR count). The molecule has 2 N–H and O–H groups in total. The second-order valence-electron chi connectivity index (χ2n) is 6.73. The van der Waals surface area contributed by atoms with Crippen molar-refractivity contribution in [2.24, 2.45) is 5.92 Å². The van der Waals surface area contributed by atoms with Crippen molar-refractivity contribution in [3.63, 3.8) is 0 Å². The molecule has 0 aromatic carbocycles. The molecule has 0 unspecified atom stereocenters. The highest BCUT2D eigenvalue weighted by Gasteiger charge is 2.19. The van der Waals surface area contributed by atoms with E-state index in [4.69, 9.17) is 9.39 Å². The number of rotatable bonds is 16. The highest BCUT2D eigenvalue weighted by Crippen LogP contribution is 2.11. The topological polar surface area (TPSA) is 102 Å². The average molecular weight is 382 g/mol. The van der Waals surface area contributed by atoms with E-state index in [1.54, 1.807) is 0 Å². The third-order valence-electron chi connectivity index (χ3n) is 4.01. The average Bonchev–Trinajstić information content (AvgIpc) is 2.51. The summed E-state index contributed by atoms with van der Waals surface area (Å²) in [6.45, 7) is 5.54. The van der Waals surface area contributed by atoms with E-state index in [9.17, 15) is 13.2 Å². The van der Waals surface area contributed by atoms with Gasteiger partial charge in [-0.2, -0.15) is 8.42 Å². The van der Waals surface area contributed by atoms with Crippen LogP contribution >= 0.6 is 0 Å². The van der Waals surface area contributed by atoms with Gasteiger partial charge in [-0.1, -0.05) is 72.1 Å². The Morgan fingerprint density at radius 1 is 1.00 bits per heavy atom. The molecule has 0 heterocycles. The molecule has 0 spiro atoms. The van der Waals surface area contributed by atoms with E-state index in [0.29, 0.717) is 6.42 Å². The van der Waals surface area contributed by atoms with Crippen LogP contribution in [0.1, 0.15) is 85.0 Å². The Kier molecular flexibility index (Phi) is 14.1. The zero-order valence-corrected chi connectivity index (χ0v) is 16.6. The molecule has 0 fully saturated rings. The molecule has 0 saturated carbocycles. The van der Waals surface area contributed by atoms with Crippen molar-refractivity contribution in [1.82, 2.24) is 5.48 Å². The number of nitrogens with one attached hydrogen (secondary N) is 1. The lowest BCUT2D eigenvalue weighted by molar-refractivity contribution is -0.154. The third kappa shape index (κ3) is 16.5. The van der Waals surface area contributed by atoms with Crippen LogP contribution < -0.4 is 5.48 Å². The SMILES string of the molecule is CCCCCCCCCCCC(=O)ON[C@H](COS(=O)(=O)O)C(C)C. The fourth-order valence-corrected chi connectivity index (χ4v) is 2.61. The first-order valence-electron chi connectivity index (χ1n) is 9.33. The monoisotopic (exact) mass is 381 g/mol. The molecule has 7 nitrogen and oxygen atoms in total. The van der Waals surface area contributed by atoms with Crippen molar-refractivity contribution >= 4 is 16.4 Å². The summed E-state index contributed by atoms with van der Waals surface area (Å²) in [4.78, 5) is 16.6. The van der Waals surface area contributed by atoms with Crippen LogP contribution in [0.3, 0.4) is 0 Å². The van der Waals surface area contributed by atoms with Gasteiger partial charge in [0.15, 0.2) is 0 Å². The third-order valence-corrected chi connectivity index (χ3v) is 4.44. The van der Waals surface area contributed by atoms with Crippen molar-refractivity contribution in [2.45, 2.75) is 91.0 Å². The first-order chi connectivity index (χ1) is 11.8. The van der Waals surface area contributed by atoms with Gasteiger partial charge < -0.3 is 4.84 Å². The fraction of sp³-hybridized carbons (Fsp3) is 0.941. The number of carbonyl (C=O) groups excluding carboxylic acids is 1. The van der Waals surface area contributed by atoms with E-state index >= 15 is 0 Å². The lowest BCUT2D eigenvalue weighted by atomic mass is 10.1. The Hall–Kier alpha value is -0.700. The van der Waals surface area contributed by atoms with Crippen LogP contribution in [-0.2, 0) is 24.2 Å². The highest BCUT2D eigenvalue weighted by atomic mass is 32.3. The summed E-state index contributed by atoms with van der Waals surface area (Å²) >= 11 is 0. The van der Waals surface area contributed by atoms with Crippen molar-refractivity contribution < 1.29 is 26.8 Å². The van der Waals surface area contributed by atoms with Gasteiger partial charge in [-0.3, -0.25) is 9.35 Å². The predicted molar refractivity (Wildman–Crippen MR) is 97.2 cm³/mol. The Morgan fingerprint density at radius 3 is 2.00 bits per heavy atom. The van der Waals surface area contributed by atoms with Crippen LogP contribution in [0.15, 0.2) is 0 Å². The summed E-state index contributed by atoms with van der Waals surface area (Å²) in [7, 11) is -4.50. The molecule has 0 aliphatic heterocycles. The standard InChI is InChI=1S/C17H35NO6S/c1-4-5-6-7-8-9-10-11-12-13-17(19)24-18-16(15(2)3)14-23-25(20,21)22/h15-16,18H,4-14H2,1-3H3,(H,20,21,22)/t16-/m1/s1. The molecule has 8 heteroatoms. The minimum atomic E-state index is -4.50. The van der Waals surface area contributed by atoms with Crippen molar-refractivity contribution in [3.8, 4) is 0 Å². The van der Waals surface area contributed by atoms with Crippen LogP contribution in [0.25, 0.3) is 0 Å². The van der Waals surface area contributed by atoms with Crippen LogP contribution in [0.4, 0.5) is 0 Å². The molecule has 0 amide bonds. The maximum atomic E-state index is 11.7. The van der Waals surface area contributed by atoms with Gasteiger partial charge in [-0.25, -0.2) is 4.18 Å². The summed E-state index contributed by atoms with van der Waals surface area (Å²) < 4.78 is 34.1. The van der Waals surface area contributed by atoms with Gasteiger partial charge in [-0.15, -0.1) is 5.48 Å². The molecule has 0 radical (unpaired) electrons. The molecule has 0 saturated heterocycles. The lowest BCUT2D eigenvalue weighted by Crippen LogP contribution is -2.39. The van der Waals surface area contributed by atoms with E-state index in [1.165, 1.54) is 38.5 Å². The first kappa shape index (κ1) is 24.3. The molecule has 0 aromatic rings. The van der Waals surface area contributed by atoms with Crippen molar-refractivity contribution in [2.75, 3.05) is 6.61 Å². The molecule has 0 aliphatic rings. The predicted octanol–water partition coefficient (Wildman–Crippen LogP) is 3.80. The Labute approximate surface area is 152 Å². The largest absolute Gasteiger partial charge is 0.397 e. The molecule has 0 aromatic heterocycles. The molecular formula is C17H35NO6S. The smallest absolute Gasteiger partial charge is 0.370 e. The van der Waals surface area contributed by atoms with Gasteiger partial charge in [0.1, 0.15) is 0 Å². The minimum Gasteiger partial charge on any atom is -0.370 e. The van der Waals surface area contributed by atoms with Crippen LogP contribution in [-0.4, -0.2) is 31.6 Å². The molecule has 1 atom stereocenters. The van der Waals surface area contributed by atoms with Gasteiger partial charge in [0.25, 0.3) is 0 Å². The lowest BCUT2D eigenvalue weighted by Gasteiger charge is -2.20. The second-order valence-corrected chi connectivity index (χ2v) is 7.82. The van der Waals surface area contributed by atoms with E-state index in [2.05, 4.69) is 16.6 Å². The summed E-state index contributed by atoms with van der Waals surface area (Å²) in [6, 6.07) is -0.519. The first-order valence-corrected chi connectivity index (χ1v) is 10.7. The normalized spacial score (nSPS) is 13.2. The Morgan fingerprint density at radius 2 is 1.52 bits per heavy atom. The van der Waals surface area contributed by atoms with Crippen LogP contribution in [0.2, 0.25) is 0 Å². The van der Waals surface area contributed by atoms with Crippen LogP contribution in [0, 0.1) is 5.92 Å². The summed E-state index contributed by atoms with van der Waals surface area (Å²) in [5.74, 6) is -0.414. The zero-order valence-electron chi connectivity index (χ0n) is 15.8. The maximum absolute atomic E-state index is 11.7. The van der Waals surface area contributed by atoms with Crippen molar-refractivity contribution in [1.29, 1.82) is 0 Å². The number of carbonyl (C=O) groups is 1. The molecule has 0 bridgehead atoms. The van der Waals surface area contributed by atoms with Gasteiger partial charge in [0, 0.05) is 6.42 Å². The summed E-state index contributed by atoms with van der Waals surface area (Å²) in [6.07, 6.45) is 10.9. The van der Waals surface area contributed by atoms with E-state index in [-0.39, 0.29) is 18.5 Å². The maximum Gasteiger partial charge on any atom is 0.397 e. The van der Waals surface area contributed by atoms with Crippen LogP contribution in [0.5, 0.6) is 0 Å². The quantitative estimate of drug-likeness (QED) is 0.238. The molecule has 150 valence electrons. The zero-order chi connectivity index (χ0) is 19.1. The summed E-state index contributed by atoms with van der Waals surface area (Å²) in [5, 5.41) is 0. The van der Waals surface area contributed by atoms with E-state index in [1.807, 2.05) is 13.8 Å². The van der Waals surface area contributed by atoms with Gasteiger partial charge in [-0.05, 0) is 12.3 Å². The minimum absolute atomic E-state index is 0.0396. The second kappa shape index (κ2) is 14.5. The molecule has 25 heavy (non-hydrogen) atoms. The fourth-order valence-electron chi connectivity index (χ4n) is 2.29. The van der Waals surface area contributed by atoms with Crippen molar-refractivity contribution in [3.05, 3.63) is 0 Å². The Bertz CT molecular complexity index is 438. The van der Waals surface area contributed by atoms with Gasteiger partial charge in [0.05, 0.1) is 12.6 Å². The Balaban J connectivity index is 3.72. The number of hydroxylamine groups is 1. The summed E-state index contributed by atoms with van der Waals surface area (Å²) in [5.41, 5.74) is 2.52. The molecular weight excluding hydrogens is 346 g/mol. The van der Waals surface area contributed by atoms with Gasteiger partial charge in [0.2, 0.25) is 0 Å². The number of hydrogen-bond acceptors (Lipinski definition) is 6.